The lowest BCUT2D eigenvalue weighted by atomic mass is 9.95. The highest BCUT2D eigenvalue weighted by Crippen LogP contribution is 2.40. The van der Waals surface area contributed by atoms with Crippen molar-refractivity contribution in [3.8, 4) is 17.2 Å². The normalized spacial score (nSPS) is 20.4. The van der Waals surface area contributed by atoms with Crippen molar-refractivity contribution in [1.29, 1.82) is 0 Å². The highest BCUT2D eigenvalue weighted by Gasteiger charge is 2.44. The fourth-order valence-corrected chi connectivity index (χ4v) is 3.50. The minimum Gasteiger partial charge on any atom is -0.507 e. The summed E-state index contributed by atoms with van der Waals surface area (Å²) in [6.07, 6.45) is 0. The van der Waals surface area contributed by atoms with Gasteiger partial charge in [-0.3, -0.25) is 9.59 Å². The number of amides is 1. The van der Waals surface area contributed by atoms with E-state index in [0.29, 0.717) is 41.6 Å². The van der Waals surface area contributed by atoms with Gasteiger partial charge < -0.3 is 24.2 Å². The zero-order valence-electron chi connectivity index (χ0n) is 15.5. The van der Waals surface area contributed by atoms with Gasteiger partial charge in [-0.2, -0.15) is 0 Å². The average Bonchev–Trinajstić information content (AvgIpc) is 2.96. The lowest BCUT2D eigenvalue weighted by Crippen LogP contribution is -2.24. The van der Waals surface area contributed by atoms with Crippen molar-refractivity contribution in [1.82, 2.24) is 4.90 Å². The van der Waals surface area contributed by atoms with Crippen molar-refractivity contribution in [2.75, 3.05) is 27.4 Å². The molecule has 7 heteroatoms. The number of carbonyl (C=O) groups excluding carboxylic acids is 2. The Morgan fingerprint density at radius 2 is 1.86 bits per heavy atom. The molecule has 1 fully saturated rings. The Hall–Kier alpha value is -3.48. The molecule has 2 aliphatic rings. The van der Waals surface area contributed by atoms with Crippen molar-refractivity contribution in [3.05, 3.63) is 59.2 Å². The number of rotatable bonds is 3. The second-order valence-electron chi connectivity index (χ2n) is 6.55. The number of aliphatic hydroxyl groups is 1. The van der Waals surface area contributed by atoms with Crippen LogP contribution in [-0.2, 0) is 9.59 Å². The Kier molecular flexibility index (Phi) is 4.43. The maximum Gasteiger partial charge on any atom is 0.295 e. The molecule has 2 aliphatic heterocycles. The summed E-state index contributed by atoms with van der Waals surface area (Å²) in [5.74, 6) is -0.0139. The molecular weight excluding hydrogens is 362 g/mol. The number of ketones is 1. The quantitative estimate of drug-likeness (QED) is 0.500. The third-order valence-corrected chi connectivity index (χ3v) is 4.90. The first kappa shape index (κ1) is 17.9. The number of likely N-dealkylation sites (tertiary alicyclic amines) is 1. The van der Waals surface area contributed by atoms with E-state index in [-0.39, 0.29) is 11.3 Å². The van der Waals surface area contributed by atoms with Crippen LogP contribution in [0, 0.1) is 0 Å². The fourth-order valence-electron chi connectivity index (χ4n) is 3.50. The Labute approximate surface area is 161 Å². The lowest BCUT2D eigenvalue weighted by Gasteiger charge is -2.22. The van der Waals surface area contributed by atoms with Crippen LogP contribution in [0.2, 0.25) is 0 Å². The molecule has 0 aliphatic carbocycles. The second-order valence-corrected chi connectivity index (χ2v) is 6.55. The zero-order chi connectivity index (χ0) is 19.8. The molecule has 1 unspecified atom stereocenters. The Bertz CT molecular complexity index is 996. The van der Waals surface area contributed by atoms with E-state index in [9.17, 15) is 14.7 Å². The molecule has 28 heavy (non-hydrogen) atoms. The molecule has 0 saturated carbocycles. The molecule has 1 N–H and O–H groups in total. The monoisotopic (exact) mass is 381 g/mol. The smallest absolute Gasteiger partial charge is 0.295 e. The predicted octanol–water partition coefficient (Wildman–Crippen LogP) is 2.52. The van der Waals surface area contributed by atoms with Gasteiger partial charge in [0.1, 0.15) is 24.7 Å². The number of benzene rings is 2. The first-order valence-corrected chi connectivity index (χ1v) is 8.80. The molecule has 0 bridgehead atoms. The van der Waals surface area contributed by atoms with E-state index in [1.807, 2.05) is 0 Å². The van der Waals surface area contributed by atoms with Crippen LogP contribution >= 0.6 is 0 Å². The summed E-state index contributed by atoms with van der Waals surface area (Å²) in [4.78, 5) is 26.4. The topological polar surface area (TPSA) is 85.3 Å². The van der Waals surface area contributed by atoms with Crippen molar-refractivity contribution in [3.63, 3.8) is 0 Å². The summed E-state index contributed by atoms with van der Waals surface area (Å²) in [6, 6.07) is 11.3. The second kappa shape index (κ2) is 6.92. The highest BCUT2D eigenvalue weighted by molar-refractivity contribution is 6.46. The summed E-state index contributed by atoms with van der Waals surface area (Å²) in [7, 11) is 3.08. The largest absolute Gasteiger partial charge is 0.507 e. The number of nitrogens with zero attached hydrogens (tertiary/aromatic N) is 1. The lowest BCUT2D eigenvalue weighted by molar-refractivity contribution is -0.139. The highest BCUT2D eigenvalue weighted by atomic mass is 16.6. The molecule has 144 valence electrons. The molecule has 0 aromatic heterocycles. The van der Waals surface area contributed by atoms with Gasteiger partial charge in [-0.25, -0.2) is 0 Å². The van der Waals surface area contributed by atoms with Crippen LogP contribution in [-0.4, -0.2) is 49.1 Å². The number of fused-ring (bicyclic) bond motifs is 1. The molecule has 2 aromatic carbocycles. The molecule has 4 rings (SSSR count). The van der Waals surface area contributed by atoms with E-state index < -0.39 is 17.7 Å². The minimum atomic E-state index is -0.734. The van der Waals surface area contributed by atoms with Gasteiger partial charge in [0.2, 0.25) is 0 Å². The molecule has 2 aromatic rings. The average molecular weight is 381 g/mol. The van der Waals surface area contributed by atoms with E-state index in [2.05, 4.69) is 0 Å². The van der Waals surface area contributed by atoms with Crippen molar-refractivity contribution >= 4 is 17.4 Å². The van der Waals surface area contributed by atoms with E-state index in [1.54, 1.807) is 42.5 Å². The van der Waals surface area contributed by atoms with Gasteiger partial charge in [0.05, 0.1) is 18.7 Å². The minimum absolute atomic E-state index is 0.0254. The Morgan fingerprint density at radius 3 is 2.61 bits per heavy atom. The zero-order valence-corrected chi connectivity index (χ0v) is 15.5. The van der Waals surface area contributed by atoms with Gasteiger partial charge in [0, 0.05) is 12.6 Å². The van der Waals surface area contributed by atoms with Crippen LogP contribution in [0.5, 0.6) is 17.2 Å². The van der Waals surface area contributed by atoms with Crippen LogP contribution < -0.4 is 14.2 Å². The number of likely N-dealkylation sites (N-methyl/N-ethyl adjacent to an activating group) is 1. The number of carbonyl (C=O) groups is 2. The predicted molar refractivity (Wildman–Crippen MR) is 100 cm³/mol. The van der Waals surface area contributed by atoms with E-state index in [4.69, 9.17) is 14.2 Å². The summed E-state index contributed by atoms with van der Waals surface area (Å²) in [5.41, 5.74) is 1.07. The SMILES string of the molecule is COc1cccc(C2/C(=C(\O)c3ccc4c(c3)OCCO4)C(=O)C(=O)N2C)c1. The number of methoxy groups -OCH3 is 1. The summed E-state index contributed by atoms with van der Waals surface area (Å²) < 4.78 is 16.3. The fraction of sp³-hybridized carbons (Fsp3) is 0.238. The van der Waals surface area contributed by atoms with Crippen LogP contribution in [0.25, 0.3) is 5.76 Å². The summed E-state index contributed by atoms with van der Waals surface area (Å²) in [6.45, 7) is 0.857. The van der Waals surface area contributed by atoms with Gasteiger partial charge in [0.25, 0.3) is 11.7 Å². The maximum absolute atomic E-state index is 12.7. The number of hydrogen-bond acceptors (Lipinski definition) is 6. The summed E-state index contributed by atoms with van der Waals surface area (Å²) >= 11 is 0. The van der Waals surface area contributed by atoms with Crippen LogP contribution in [0.1, 0.15) is 17.2 Å². The maximum atomic E-state index is 12.7. The number of Topliss-reactive ketones (excluding diaryl/α,β-unsaturated/α-hetero) is 1. The van der Waals surface area contributed by atoms with E-state index in [0.717, 1.165) is 0 Å². The van der Waals surface area contributed by atoms with Gasteiger partial charge in [-0.15, -0.1) is 0 Å². The first-order chi connectivity index (χ1) is 13.5. The molecule has 1 saturated heterocycles. The third kappa shape index (κ3) is 2.85. The third-order valence-electron chi connectivity index (χ3n) is 4.90. The molecule has 0 radical (unpaired) electrons. The van der Waals surface area contributed by atoms with Crippen molar-refractivity contribution in [2.24, 2.45) is 0 Å². The molecular formula is C21H19NO6. The van der Waals surface area contributed by atoms with Crippen LogP contribution in [0.3, 0.4) is 0 Å². The molecule has 1 atom stereocenters. The number of hydrogen-bond donors (Lipinski definition) is 1. The van der Waals surface area contributed by atoms with Gasteiger partial charge in [-0.1, -0.05) is 12.1 Å². The van der Waals surface area contributed by atoms with Crippen molar-refractivity contribution < 1.29 is 28.9 Å². The Morgan fingerprint density at radius 1 is 1.11 bits per heavy atom. The Balaban J connectivity index is 1.84. The molecule has 7 nitrogen and oxygen atoms in total. The van der Waals surface area contributed by atoms with E-state index in [1.165, 1.54) is 19.1 Å². The van der Waals surface area contributed by atoms with Crippen LogP contribution in [0.4, 0.5) is 0 Å². The van der Waals surface area contributed by atoms with E-state index >= 15 is 0 Å². The van der Waals surface area contributed by atoms with Gasteiger partial charge in [0.15, 0.2) is 11.5 Å². The van der Waals surface area contributed by atoms with Crippen molar-refractivity contribution in [2.45, 2.75) is 6.04 Å². The molecule has 2 heterocycles. The number of aliphatic hydroxyl groups excluding tert-OH is 1. The summed E-state index contributed by atoms with van der Waals surface area (Å²) in [5, 5.41) is 10.9. The first-order valence-electron chi connectivity index (χ1n) is 8.80. The van der Waals surface area contributed by atoms with Gasteiger partial charge >= 0.3 is 0 Å². The van der Waals surface area contributed by atoms with Gasteiger partial charge in [-0.05, 0) is 35.9 Å². The standard InChI is InChI=1S/C21H19NO6/c1-22-18(12-4-3-5-14(10-12)26-2)17(20(24)21(22)25)19(23)13-6-7-15-16(11-13)28-9-8-27-15/h3-7,10-11,18,23H,8-9H2,1-2H3/b19-17+. The molecule has 0 spiro atoms. The number of ether oxygens (including phenoxy) is 3. The molecule has 1 amide bonds. The van der Waals surface area contributed by atoms with Crippen LogP contribution in [0.15, 0.2) is 48.0 Å².